The van der Waals surface area contributed by atoms with E-state index in [0.717, 1.165) is 111 Å². The average Bonchev–Trinajstić information content (AvgIpc) is 3.84. The fourth-order valence-corrected chi connectivity index (χ4v) is 8.75. The molecule has 11 rings (SSSR count). The number of hydrogen-bond acceptors (Lipinski definition) is 6. The van der Waals surface area contributed by atoms with Gasteiger partial charge in [-0.15, -0.1) is 0 Å². The van der Waals surface area contributed by atoms with Crippen molar-refractivity contribution >= 4 is 99.5 Å². The molecule has 0 fully saturated rings. The van der Waals surface area contributed by atoms with Gasteiger partial charge in [0.25, 0.3) is 0 Å². The summed E-state index contributed by atoms with van der Waals surface area (Å²) in [6, 6.07) is 59.7. The van der Waals surface area contributed by atoms with Crippen molar-refractivity contribution in [2.24, 2.45) is 0 Å². The third kappa shape index (κ3) is 5.79. The van der Waals surface area contributed by atoms with Gasteiger partial charge in [0, 0.05) is 55.7 Å². The van der Waals surface area contributed by atoms with Gasteiger partial charge < -0.3 is 28.1 Å². The van der Waals surface area contributed by atoms with E-state index in [1.165, 1.54) is 11.1 Å². The summed E-state index contributed by atoms with van der Waals surface area (Å²) in [5, 5.41) is 8.62. The molecule has 0 amide bonds. The van der Waals surface area contributed by atoms with Crippen LogP contribution in [0.2, 0.25) is 0 Å². The molecular weight excluding hydrogens is 741 g/mol. The highest BCUT2D eigenvalue weighted by atomic mass is 16.5. The topological polar surface area (TPSA) is 51.2 Å². The van der Waals surface area contributed by atoms with Crippen molar-refractivity contribution < 1.29 is 18.3 Å². The molecule has 0 aliphatic carbocycles. The zero-order valence-electron chi connectivity index (χ0n) is 33.7. The Morgan fingerprint density at radius 3 is 1.17 bits per heavy atom. The van der Waals surface area contributed by atoms with E-state index < -0.39 is 0 Å². The third-order valence-electron chi connectivity index (χ3n) is 11.9. The number of rotatable bonds is 8. The Kier molecular flexibility index (Phi) is 8.27. The van der Waals surface area contributed by atoms with Crippen LogP contribution < -0.4 is 19.3 Å². The van der Waals surface area contributed by atoms with Gasteiger partial charge in [-0.2, -0.15) is 0 Å². The lowest BCUT2D eigenvalue weighted by atomic mass is 10.0. The van der Waals surface area contributed by atoms with Gasteiger partial charge in [-0.05, 0) is 168 Å². The molecule has 11 aromatic rings. The molecule has 9 aromatic carbocycles. The maximum absolute atomic E-state index is 6.75. The molecule has 290 valence electrons. The first-order chi connectivity index (χ1) is 29.4. The van der Waals surface area contributed by atoms with Crippen molar-refractivity contribution in [2.45, 2.75) is 13.8 Å². The van der Waals surface area contributed by atoms with Crippen molar-refractivity contribution in [3.8, 4) is 11.5 Å². The molecule has 2 heterocycles. The molecule has 6 heteroatoms. The summed E-state index contributed by atoms with van der Waals surface area (Å²) >= 11 is 0. The molecule has 0 aliphatic heterocycles. The fourth-order valence-electron chi connectivity index (χ4n) is 8.75. The summed E-state index contributed by atoms with van der Waals surface area (Å²) in [7, 11) is 3.39. The second-order valence-corrected chi connectivity index (χ2v) is 15.4. The molecule has 60 heavy (non-hydrogen) atoms. The summed E-state index contributed by atoms with van der Waals surface area (Å²) in [5.74, 6) is 1.64. The smallest absolute Gasteiger partial charge is 0.178 e. The highest BCUT2D eigenvalue weighted by Gasteiger charge is 2.20. The SMILES string of the molecule is COc1ccc(N(c2ccc3cc4c(cc3c2)oc2c4ccc3c4cc5ccc(N(c6ccc(OC)cc6)c6ccccc6C)cc5cc4oc32)c2ccccc2C)cc1. The van der Waals surface area contributed by atoms with Crippen molar-refractivity contribution in [3.63, 3.8) is 0 Å². The van der Waals surface area contributed by atoms with Crippen LogP contribution in [0.1, 0.15) is 11.1 Å². The van der Waals surface area contributed by atoms with Crippen molar-refractivity contribution in [1.29, 1.82) is 0 Å². The first-order valence-corrected chi connectivity index (χ1v) is 20.1. The number of furan rings is 2. The highest BCUT2D eigenvalue weighted by Crippen LogP contribution is 2.44. The molecule has 0 radical (unpaired) electrons. The van der Waals surface area contributed by atoms with Crippen LogP contribution in [0.25, 0.3) is 65.4 Å². The van der Waals surface area contributed by atoms with Crippen LogP contribution in [0.15, 0.2) is 179 Å². The van der Waals surface area contributed by atoms with Gasteiger partial charge in [0.1, 0.15) is 22.7 Å². The maximum Gasteiger partial charge on any atom is 0.178 e. The van der Waals surface area contributed by atoms with Crippen molar-refractivity contribution in [3.05, 3.63) is 181 Å². The van der Waals surface area contributed by atoms with Crippen LogP contribution in [0.3, 0.4) is 0 Å². The summed E-state index contributed by atoms with van der Waals surface area (Å²) in [6.45, 7) is 4.29. The maximum atomic E-state index is 6.75. The second-order valence-electron chi connectivity index (χ2n) is 15.4. The van der Waals surface area contributed by atoms with E-state index >= 15 is 0 Å². The number of hydrogen-bond donors (Lipinski definition) is 0. The average molecular weight is 781 g/mol. The van der Waals surface area contributed by atoms with E-state index in [4.69, 9.17) is 18.3 Å². The number of ether oxygens (including phenoxy) is 2. The summed E-state index contributed by atoms with van der Waals surface area (Å²) < 4.78 is 24.5. The van der Waals surface area contributed by atoms with Crippen LogP contribution in [0.4, 0.5) is 34.1 Å². The predicted molar refractivity (Wildman–Crippen MR) is 248 cm³/mol. The van der Waals surface area contributed by atoms with Crippen molar-refractivity contribution in [1.82, 2.24) is 0 Å². The van der Waals surface area contributed by atoms with Gasteiger partial charge in [-0.25, -0.2) is 0 Å². The normalized spacial score (nSPS) is 11.7. The Morgan fingerprint density at radius 1 is 0.367 bits per heavy atom. The van der Waals surface area contributed by atoms with Crippen LogP contribution in [-0.2, 0) is 0 Å². The minimum absolute atomic E-state index is 0.754. The van der Waals surface area contributed by atoms with Gasteiger partial charge in [-0.1, -0.05) is 48.5 Å². The lowest BCUT2D eigenvalue weighted by Gasteiger charge is -2.27. The number of benzene rings is 9. The Labute approximate surface area is 347 Å². The molecule has 0 aliphatic rings. The lowest BCUT2D eigenvalue weighted by molar-refractivity contribution is 0.414. The van der Waals surface area contributed by atoms with Crippen LogP contribution in [-0.4, -0.2) is 14.2 Å². The molecule has 0 spiro atoms. The third-order valence-corrected chi connectivity index (χ3v) is 11.9. The Hall–Kier alpha value is -7.70. The van der Waals surface area contributed by atoms with E-state index in [0.29, 0.717) is 0 Å². The van der Waals surface area contributed by atoms with E-state index in [1.807, 2.05) is 24.3 Å². The predicted octanol–water partition coefficient (Wildman–Crippen LogP) is 15.4. The quantitative estimate of drug-likeness (QED) is 0.153. The van der Waals surface area contributed by atoms with E-state index in [9.17, 15) is 0 Å². The van der Waals surface area contributed by atoms with Gasteiger partial charge >= 0.3 is 0 Å². The molecule has 0 unspecified atom stereocenters. The van der Waals surface area contributed by atoms with Crippen molar-refractivity contribution in [2.75, 3.05) is 24.0 Å². The molecule has 0 saturated heterocycles. The van der Waals surface area contributed by atoms with Gasteiger partial charge in [0.05, 0.1) is 14.2 Å². The number of para-hydroxylation sites is 2. The van der Waals surface area contributed by atoms with E-state index in [1.54, 1.807) is 14.2 Å². The number of methoxy groups -OCH3 is 2. The Bertz CT molecular complexity index is 3210. The Morgan fingerprint density at radius 2 is 0.767 bits per heavy atom. The van der Waals surface area contributed by atoms with Crippen LogP contribution >= 0.6 is 0 Å². The molecule has 0 bridgehead atoms. The minimum Gasteiger partial charge on any atom is -0.497 e. The van der Waals surface area contributed by atoms with Crippen LogP contribution in [0.5, 0.6) is 11.5 Å². The molecule has 6 nitrogen and oxygen atoms in total. The summed E-state index contributed by atoms with van der Waals surface area (Å²) in [5.41, 5.74) is 11.9. The highest BCUT2D eigenvalue weighted by molar-refractivity contribution is 6.21. The minimum atomic E-state index is 0.754. The first kappa shape index (κ1) is 35.5. The largest absolute Gasteiger partial charge is 0.497 e. The lowest BCUT2D eigenvalue weighted by Crippen LogP contribution is -2.11. The number of aryl methyl sites for hydroxylation is 2. The van der Waals surface area contributed by atoms with Crippen LogP contribution in [0, 0.1) is 13.8 Å². The van der Waals surface area contributed by atoms with E-state index in [-0.39, 0.29) is 0 Å². The second kappa shape index (κ2) is 14.0. The summed E-state index contributed by atoms with van der Waals surface area (Å²) in [6.07, 6.45) is 0. The summed E-state index contributed by atoms with van der Waals surface area (Å²) in [4.78, 5) is 4.59. The standard InChI is InChI=1S/C54H40N2O4/c1-33-9-5-7-11-49(33)55(39-17-21-43(57-3)22-18-39)41-15-13-35-29-47-45-25-26-46-48-30-36-14-16-42(56(50-12-8-6-10-34(50)2)40-19-23-44(58-4)24-20-40)28-38(36)32-52(48)60-54(46)53(45)59-51(47)31-37(35)27-41/h5-32H,1-4H3. The zero-order valence-corrected chi connectivity index (χ0v) is 33.7. The monoisotopic (exact) mass is 780 g/mol. The molecule has 0 atom stereocenters. The fraction of sp³-hybridized carbons (Fsp3) is 0.0741. The number of anilines is 6. The first-order valence-electron chi connectivity index (χ1n) is 20.1. The molecular formula is C54H40N2O4. The Balaban J connectivity index is 1.02. The molecule has 0 saturated carbocycles. The van der Waals surface area contributed by atoms with Gasteiger partial charge in [0.2, 0.25) is 0 Å². The molecule has 0 N–H and O–H groups in total. The van der Waals surface area contributed by atoms with E-state index in [2.05, 4.69) is 169 Å². The molecule has 2 aromatic heterocycles. The number of fused-ring (bicyclic) bond motifs is 9. The van der Waals surface area contributed by atoms with Gasteiger partial charge in [0.15, 0.2) is 11.2 Å². The number of nitrogens with zero attached hydrogens (tertiary/aromatic N) is 2. The zero-order chi connectivity index (χ0) is 40.5. The van der Waals surface area contributed by atoms with Gasteiger partial charge in [-0.3, -0.25) is 0 Å².